The van der Waals surface area contributed by atoms with Gasteiger partial charge < -0.3 is 5.11 Å². The molecule has 0 spiro atoms. The molecule has 0 bridgehead atoms. The first-order valence-corrected chi connectivity index (χ1v) is 9.52. The minimum atomic E-state index is -1.41. The van der Waals surface area contributed by atoms with E-state index in [4.69, 9.17) is 0 Å². The molecule has 0 aliphatic carbocycles. The summed E-state index contributed by atoms with van der Waals surface area (Å²) in [4.78, 5) is 4.39. The van der Waals surface area contributed by atoms with Crippen molar-refractivity contribution >= 4 is 19.0 Å². The third kappa shape index (κ3) is 2.78. The lowest BCUT2D eigenvalue weighted by Gasteiger charge is -2.07. The lowest BCUT2D eigenvalue weighted by Crippen LogP contribution is -2.16. The van der Waals surface area contributed by atoms with Crippen molar-refractivity contribution < 1.29 is 5.11 Å². The standard InChI is InChI=1S/C15H17NOSi/c1-18(2,3)9-8-12-10-16-15-7-5-4-6-13(15)14(12)11-17/h4-7,10,17H,11H2,1-3H3. The maximum atomic E-state index is 9.56. The van der Waals surface area contributed by atoms with Crippen molar-refractivity contribution in [2.24, 2.45) is 0 Å². The molecular formula is C15H17NOSi. The highest BCUT2D eigenvalue weighted by molar-refractivity contribution is 6.83. The average Bonchev–Trinajstić information content (AvgIpc) is 2.34. The van der Waals surface area contributed by atoms with E-state index in [0.29, 0.717) is 0 Å². The molecule has 2 nitrogen and oxygen atoms in total. The third-order valence-corrected chi connectivity index (χ3v) is 3.49. The number of nitrogens with zero attached hydrogens (tertiary/aromatic N) is 1. The van der Waals surface area contributed by atoms with Crippen molar-refractivity contribution in [2.75, 3.05) is 0 Å². The molecule has 0 saturated heterocycles. The van der Waals surface area contributed by atoms with Crippen LogP contribution in [0.5, 0.6) is 0 Å². The molecule has 3 heteroatoms. The predicted molar refractivity (Wildman–Crippen MR) is 77.9 cm³/mol. The molecule has 0 aliphatic rings. The molecule has 1 N–H and O–H groups in total. The topological polar surface area (TPSA) is 33.1 Å². The third-order valence-electron chi connectivity index (χ3n) is 2.62. The van der Waals surface area contributed by atoms with Crippen molar-refractivity contribution in [3.05, 3.63) is 41.6 Å². The Hall–Kier alpha value is -1.63. The van der Waals surface area contributed by atoms with Gasteiger partial charge in [-0.1, -0.05) is 43.8 Å². The first-order chi connectivity index (χ1) is 8.51. The highest BCUT2D eigenvalue weighted by atomic mass is 28.3. The molecule has 2 rings (SSSR count). The van der Waals surface area contributed by atoms with Gasteiger partial charge >= 0.3 is 0 Å². The highest BCUT2D eigenvalue weighted by Crippen LogP contribution is 2.20. The second-order valence-corrected chi connectivity index (χ2v) is 10.1. The fourth-order valence-corrected chi connectivity index (χ4v) is 2.24. The molecule has 0 amide bonds. The van der Waals surface area contributed by atoms with Gasteiger partial charge in [0, 0.05) is 22.7 Å². The summed E-state index contributed by atoms with van der Waals surface area (Å²) in [7, 11) is -1.41. The molecule has 0 atom stereocenters. The normalized spacial score (nSPS) is 11.1. The zero-order valence-corrected chi connectivity index (χ0v) is 12.0. The summed E-state index contributed by atoms with van der Waals surface area (Å²) in [5, 5.41) is 10.5. The Labute approximate surface area is 109 Å². The van der Waals surface area contributed by atoms with E-state index in [1.54, 1.807) is 6.20 Å². The first-order valence-electron chi connectivity index (χ1n) is 6.02. The van der Waals surface area contributed by atoms with E-state index in [1.807, 2.05) is 24.3 Å². The number of pyridine rings is 1. The summed E-state index contributed by atoms with van der Waals surface area (Å²) in [5.41, 5.74) is 5.95. The number of rotatable bonds is 1. The van der Waals surface area contributed by atoms with Gasteiger partial charge in [-0.05, 0) is 6.07 Å². The molecule has 1 aromatic heterocycles. The molecule has 92 valence electrons. The summed E-state index contributed by atoms with van der Waals surface area (Å²) in [6.07, 6.45) is 1.76. The van der Waals surface area contributed by atoms with Crippen molar-refractivity contribution in [1.82, 2.24) is 4.98 Å². The number of fused-ring (bicyclic) bond motifs is 1. The predicted octanol–water partition coefficient (Wildman–Crippen LogP) is 2.96. The second kappa shape index (κ2) is 4.93. The van der Waals surface area contributed by atoms with Crippen LogP contribution in [0.4, 0.5) is 0 Å². The Kier molecular flexibility index (Phi) is 3.51. The molecule has 18 heavy (non-hydrogen) atoms. The fraction of sp³-hybridized carbons (Fsp3) is 0.267. The minimum Gasteiger partial charge on any atom is -0.392 e. The van der Waals surface area contributed by atoms with Crippen molar-refractivity contribution in [3.8, 4) is 11.5 Å². The van der Waals surface area contributed by atoms with Crippen LogP contribution in [0.25, 0.3) is 10.9 Å². The maximum Gasteiger partial charge on any atom is 0.129 e. The summed E-state index contributed by atoms with van der Waals surface area (Å²) in [6.45, 7) is 6.60. The largest absolute Gasteiger partial charge is 0.392 e. The van der Waals surface area contributed by atoms with Crippen LogP contribution in [0.15, 0.2) is 30.5 Å². The summed E-state index contributed by atoms with van der Waals surface area (Å²) >= 11 is 0. The van der Waals surface area contributed by atoms with Crippen molar-refractivity contribution in [1.29, 1.82) is 0 Å². The number of benzene rings is 1. The van der Waals surface area contributed by atoms with Crippen LogP contribution in [0.1, 0.15) is 11.1 Å². The van der Waals surface area contributed by atoms with Crippen LogP contribution in [-0.4, -0.2) is 18.2 Å². The van der Waals surface area contributed by atoms with Gasteiger partial charge in [-0.15, -0.1) is 5.54 Å². The van der Waals surface area contributed by atoms with Crippen LogP contribution in [-0.2, 0) is 6.61 Å². The Morgan fingerprint density at radius 3 is 2.61 bits per heavy atom. The van der Waals surface area contributed by atoms with Crippen LogP contribution >= 0.6 is 0 Å². The van der Waals surface area contributed by atoms with Crippen LogP contribution < -0.4 is 0 Å². The number of hydrogen-bond acceptors (Lipinski definition) is 2. The van der Waals surface area contributed by atoms with E-state index in [0.717, 1.165) is 22.0 Å². The lowest BCUT2D eigenvalue weighted by molar-refractivity contribution is 0.283. The number of aromatic nitrogens is 1. The zero-order valence-electron chi connectivity index (χ0n) is 11.0. The van der Waals surface area contributed by atoms with Crippen LogP contribution in [0.2, 0.25) is 19.6 Å². The minimum absolute atomic E-state index is 0.00124. The monoisotopic (exact) mass is 255 g/mol. The number of hydrogen-bond donors (Lipinski definition) is 1. The van der Waals surface area contributed by atoms with E-state index in [-0.39, 0.29) is 6.61 Å². The van der Waals surface area contributed by atoms with E-state index in [9.17, 15) is 5.11 Å². The van der Waals surface area contributed by atoms with Crippen LogP contribution in [0, 0.1) is 11.5 Å². The first kappa shape index (κ1) is 12.8. The molecule has 1 heterocycles. The second-order valence-electron chi connectivity index (χ2n) is 5.33. The van der Waals surface area contributed by atoms with E-state index >= 15 is 0 Å². The van der Waals surface area contributed by atoms with Crippen LogP contribution in [0.3, 0.4) is 0 Å². The zero-order chi connectivity index (χ0) is 13.2. The van der Waals surface area contributed by atoms with Gasteiger partial charge in [0.2, 0.25) is 0 Å². The Balaban J connectivity index is 2.61. The Morgan fingerprint density at radius 1 is 1.22 bits per heavy atom. The number of aliphatic hydroxyl groups excluding tert-OH is 1. The lowest BCUT2D eigenvalue weighted by atomic mass is 10.0. The SMILES string of the molecule is C[Si](C)(C)C#Cc1cnc2ccccc2c1CO. The van der Waals surface area contributed by atoms with Gasteiger partial charge in [0.15, 0.2) is 0 Å². The molecule has 0 fully saturated rings. The van der Waals surface area contributed by atoms with E-state index in [2.05, 4.69) is 36.1 Å². The number of para-hydroxylation sites is 1. The summed E-state index contributed by atoms with van der Waals surface area (Å²) < 4.78 is 0. The molecule has 2 aromatic rings. The van der Waals surface area contributed by atoms with Gasteiger partial charge in [-0.2, -0.15) is 0 Å². The number of aliphatic hydroxyl groups is 1. The molecular weight excluding hydrogens is 238 g/mol. The Morgan fingerprint density at radius 2 is 1.94 bits per heavy atom. The highest BCUT2D eigenvalue weighted by Gasteiger charge is 2.09. The summed E-state index contributed by atoms with van der Waals surface area (Å²) in [6, 6.07) is 7.83. The van der Waals surface area contributed by atoms with Crippen molar-refractivity contribution in [3.63, 3.8) is 0 Å². The van der Waals surface area contributed by atoms with E-state index < -0.39 is 8.07 Å². The Bertz CT molecular complexity index is 632. The fourth-order valence-electron chi connectivity index (χ4n) is 1.73. The van der Waals surface area contributed by atoms with Gasteiger partial charge in [0.1, 0.15) is 8.07 Å². The molecule has 0 saturated carbocycles. The molecule has 0 aliphatic heterocycles. The van der Waals surface area contributed by atoms with Gasteiger partial charge in [0.25, 0.3) is 0 Å². The smallest absolute Gasteiger partial charge is 0.129 e. The molecule has 0 radical (unpaired) electrons. The average molecular weight is 255 g/mol. The van der Waals surface area contributed by atoms with Crippen molar-refractivity contribution in [2.45, 2.75) is 26.2 Å². The maximum absolute atomic E-state index is 9.56. The molecule has 0 unspecified atom stereocenters. The summed E-state index contributed by atoms with van der Waals surface area (Å²) in [5.74, 6) is 3.19. The van der Waals surface area contributed by atoms with Gasteiger partial charge in [-0.3, -0.25) is 4.98 Å². The van der Waals surface area contributed by atoms with Gasteiger partial charge in [-0.25, -0.2) is 0 Å². The molecule has 1 aromatic carbocycles. The quantitative estimate of drug-likeness (QED) is 0.628. The van der Waals surface area contributed by atoms with E-state index in [1.165, 1.54) is 0 Å². The van der Waals surface area contributed by atoms with Gasteiger partial charge in [0.05, 0.1) is 12.1 Å².